The summed E-state index contributed by atoms with van der Waals surface area (Å²) in [5.74, 6) is -0.349. The van der Waals surface area contributed by atoms with Crippen molar-refractivity contribution in [2.45, 2.75) is 13.1 Å². The fraction of sp³-hybridized carbons (Fsp3) is 0.538. The lowest BCUT2D eigenvalue weighted by atomic mass is 10.1. The highest BCUT2D eigenvalue weighted by Gasteiger charge is 2.32. The van der Waals surface area contributed by atoms with E-state index < -0.39 is 17.6 Å². The Morgan fingerprint density at radius 3 is 2.74 bits per heavy atom. The fourth-order valence-electron chi connectivity index (χ4n) is 2.24. The van der Waals surface area contributed by atoms with Gasteiger partial charge in [-0.1, -0.05) is 6.92 Å². The highest BCUT2D eigenvalue weighted by molar-refractivity contribution is 5.51. The van der Waals surface area contributed by atoms with Crippen molar-refractivity contribution in [3.05, 3.63) is 29.6 Å². The van der Waals surface area contributed by atoms with E-state index in [0.29, 0.717) is 19.6 Å². The average molecular weight is 276 g/mol. The molecule has 1 fully saturated rings. The molecule has 1 atom stereocenters. The predicted molar refractivity (Wildman–Crippen MR) is 65.6 cm³/mol. The van der Waals surface area contributed by atoms with Crippen molar-refractivity contribution in [3.8, 4) is 0 Å². The topological polar surface area (TPSA) is 15.3 Å². The van der Waals surface area contributed by atoms with Crippen molar-refractivity contribution in [2.24, 2.45) is 5.92 Å². The summed E-state index contributed by atoms with van der Waals surface area (Å²) >= 11 is 0. The van der Waals surface area contributed by atoms with Crippen molar-refractivity contribution < 1.29 is 17.6 Å². The Hall–Kier alpha value is -1.30. The lowest BCUT2D eigenvalue weighted by molar-refractivity contribution is -0.137. The van der Waals surface area contributed by atoms with Gasteiger partial charge in [-0.15, -0.1) is 0 Å². The molecule has 1 aromatic rings. The van der Waals surface area contributed by atoms with E-state index in [1.165, 1.54) is 0 Å². The number of halogens is 4. The van der Waals surface area contributed by atoms with Crippen LogP contribution in [0.2, 0.25) is 0 Å². The third kappa shape index (κ3) is 3.37. The second-order valence-corrected chi connectivity index (χ2v) is 4.92. The highest BCUT2D eigenvalue weighted by atomic mass is 19.4. The third-order valence-corrected chi connectivity index (χ3v) is 3.20. The van der Waals surface area contributed by atoms with Gasteiger partial charge in [0.05, 0.1) is 11.3 Å². The van der Waals surface area contributed by atoms with Crippen LogP contribution in [0.15, 0.2) is 18.2 Å². The molecule has 0 bridgehead atoms. The third-order valence-electron chi connectivity index (χ3n) is 3.20. The minimum absolute atomic E-state index is 0.0328. The van der Waals surface area contributed by atoms with Crippen LogP contribution in [0.1, 0.15) is 12.5 Å². The van der Waals surface area contributed by atoms with E-state index in [0.717, 1.165) is 24.7 Å². The molecule has 0 aromatic heterocycles. The molecule has 106 valence electrons. The Labute approximate surface area is 109 Å². The van der Waals surface area contributed by atoms with Crippen LogP contribution in [-0.4, -0.2) is 26.2 Å². The van der Waals surface area contributed by atoms with Crippen LogP contribution < -0.4 is 10.2 Å². The zero-order chi connectivity index (χ0) is 14.0. The van der Waals surface area contributed by atoms with E-state index in [1.807, 2.05) is 6.92 Å². The minimum atomic E-state index is -4.45. The van der Waals surface area contributed by atoms with Gasteiger partial charge in [-0.3, -0.25) is 0 Å². The van der Waals surface area contributed by atoms with Crippen molar-refractivity contribution in [1.29, 1.82) is 0 Å². The molecule has 0 aliphatic carbocycles. The lowest BCUT2D eigenvalue weighted by Gasteiger charge is -2.25. The van der Waals surface area contributed by atoms with Crippen LogP contribution in [0.25, 0.3) is 0 Å². The summed E-state index contributed by atoms with van der Waals surface area (Å²) in [6.07, 6.45) is -4.45. The van der Waals surface area contributed by atoms with E-state index in [2.05, 4.69) is 5.32 Å². The number of alkyl halides is 3. The zero-order valence-electron chi connectivity index (χ0n) is 10.6. The smallest absolute Gasteiger partial charge is 0.368 e. The molecule has 1 N–H and O–H groups in total. The van der Waals surface area contributed by atoms with Crippen LogP contribution in [0, 0.1) is 11.7 Å². The first kappa shape index (κ1) is 14.1. The van der Waals surface area contributed by atoms with Gasteiger partial charge in [0.15, 0.2) is 0 Å². The SMILES string of the molecule is CC1CNCCN(c2cc(C(F)(F)F)ccc2F)C1. The van der Waals surface area contributed by atoms with Crippen LogP contribution >= 0.6 is 0 Å². The molecule has 6 heteroatoms. The number of nitrogens with zero attached hydrogens (tertiary/aromatic N) is 1. The molecule has 1 aliphatic heterocycles. The maximum absolute atomic E-state index is 13.8. The Bertz CT molecular complexity index is 445. The molecule has 0 saturated carbocycles. The highest BCUT2D eigenvalue weighted by Crippen LogP contribution is 2.33. The molecule has 1 heterocycles. The van der Waals surface area contributed by atoms with E-state index in [1.54, 1.807) is 4.90 Å². The monoisotopic (exact) mass is 276 g/mol. The van der Waals surface area contributed by atoms with Gasteiger partial charge in [0.1, 0.15) is 5.82 Å². The Morgan fingerprint density at radius 1 is 1.32 bits per heavy atom. The first-order valence-corrected chi connectivity index (χ1v) is 6.20. The van der Waals surface area contributed by atoms with Crippen LogP contribution in [0.4, 0.5) is 23.2 Å². The van der Waals surface area contributed by atoms with Crippen LogP contribution in [0.3, 0.4) is 0 Å². The van der Waals surface area contributed by atoms with Crippen LogP contribution in [-0.2, 0) is 6.18 Å². The average Bonchev–Trinajstić information content (AvgIpc) is 2.53. The normalized spacial score (nSPS) is 21.3. The molecule has 2 rings (SSSR count). The number of hydrogen-bond donors (Lipinski definition) is 1. The molecule has 0 spiro atoms. The lowest BCUT2D eigenvalue weighted by Crippen LogP contribution is -2.30. The van der Waals surface area contributed by atoms with Crippen molar-refractivity contribution >= 4 is 5.69 Å². The molecule has 1 aromatic carbocycles. The minimum Gasteiger partial charge on any atom is -0.368 e. The van der Waals surface area contributed by atoms with E-state index in [4.69, 9.17) is 0 Å². The maximum Gasteiger partial charge on any atom is 0.416 e. The van der Waals surface area contributed by atoms with Gasteiger partial charge in [-0.2, -0.15) is 13.2 Å². The number of benzene rings is 1. The van der Waals surface area contributed by atoms with Gasteiger partial charge in [0.2, 0.25) is 0 Å². The van der Waals surface area contributed by atoms with Crippen molar-refractivity contribution in [1.82, 2.24) is 5.32 Å². The first-order valence-electron chi connectivity index (χ1n) is 6.20. The Kier molecular flexibility index (Phi) is 3.99. The number of hydrogen-bond acceptors (Lipinski definition) is 2. The van der Waals surface area contributed by atoms with Crippen LogP contribution in [0.5, 0.6) is 0 Å². The number of rotatable bonds is 1. The second-order valence-electron chi connectivity index (χ2n) is 4.92. The standard InChI is InChI=1S/C13H16F4N2/c1-9-7-18-4-5-19(8-9)12-6-10(13(15,16)17)2-3-11(12)14/h2-3,6,9,18H,4-5,7-8H2,1H3. The van der Waals surface area contributed by atoms with E-state index in [-0.39, 0.29) is 11.6 Å². The molecular weight excluding hydrogens is 260 g/mol. The molecule has 19 heavy (non-hydrogen) atoms. The van der Waals surface area contributed by atoms with Crippen molar-refractivity contribution in [2.75, 3.05) is 31.1 Å². The molecule has 1 saturated heterocycles. The second kappa shape index (κ2) is 5.36. The van der Waals surface area contributed by atoms with Gasteiger partial charge >= 0.3 is 6.18 Å². The number of anilines is 1. The largest absolute Gasteiger partial charge is 0.416 e. The number of nitrogens with one attached hydrogen (secondary N) is 1. The summed E-state index contributed by atoms with van der Waals surface area (Å²) in [5.41, 5.74) is -0.779. The summed E-state index contributed by atoms with van der Waals surface area (Å²) in [6.45, 7) is 4.46. The van der Waals surface area contributed by atoms with Gasteiger partial charge < -0.3 is 10.2 Å². The summed E-state index contributed by atoms with van der Waals surface area (Å²) in [7, 11) is 0. The Balaban J connectivity index is 2.32. The first-order chi connectivity index (χ1) is 8.88. The predicted octanol–water partition coefficient (Wildman–Crippen LogP) is 2.89. The van der Waals surface area contributed by atoms with Crippen molar-refractivity contribution in [3.63, 3.8) is 0 Å². The summed E-state index contributed by atoms with van der Waals surface area (Å²) in [5, 5.41) is 3.17. The Morgan fingerprint density at radius 2 is 2.05 bits per heavy atom. The summed E-state index contributed by atoms with van der Waals surface area (Å²) < 4.78 is 51.8. The van der Waals surface area contributed by atoms with Gasteiger partial charge in [-0.25, -0.2) is 4.39 Å². The zero-order valence-corrected chi connectivity index (χ0v) is 10.6. The molecular formula is C13H16F4N2. The maximum atomic E-state index is 13.8. The van der Waals surface area contributed by atoms with Gasteiger partial charge in [0, 0.05) is 19.6 Å². The molecule has 1 aliphatic rings. The fourth-order valence-corrected chi connectivity index (χ4v) is 2.24. The van der Waals surface area contributed by atoms with Gasteiger partial charge in [-0.05, 0) is 30.7 Å². The van der Waals surface area contributed by atoms with E-state index >= 15 is 0 Å². The molecule has 2 nitrogen and oxygen atoms in total. The van der Waals surface area contributed by atoms with Gasteiger partial charge in [0.25, 0.3) is 0 Å². The summed E-state index contributed by atoms with van der Waals surface area (Å²) in [4.78, 5) is 1.68. The quantitative estimate of drug-likeness (QED) is 0.793. The molecule has 1 unspecified atom stereocenters. The van der Waals surface area contributed by atoms with E-state index in [9.17, 15) is 17.6 Å². The molecule has 0 amide bonds. The molecule has 0 radical (unpaired) electrons. The summed E-state index contributed by atoms with van der Waals surface area (Å²) in [6, 6.07) is 2.56.